The molecule has 29 heavy (non-hydrogen) atoms. The van der Waals surface area contributed by atoms with Gasteiger partial charge in [0.1, 0.15) is 24.7 Å². The van der Waals surface area contributed by atoms with Crippen molar-refractivity contribution in [3.8, 4) is 11.5 Å². The van der Waals surface area contributed by atoms with Crippen LogP contribution >= 0.6 is 11.8 Å². The predicted molar refractivity (Wildman–Crippen MR) is 120 cm³/mol. The summed E-state index contributed by atoms with van der Waals surface area (Å²) in [5.74, 6) is 1.62. The van der Waals surface area contributed by atoms with Gasteiger partial charge in [-0.3, -0.25) is 14.7 Å². The summed E-state index contributed by atoms with van der Waals surface area (Å²) >= 11 is 1.43. The number of benzene rings is 2. The minimum Gasteiger partial charge on any atom is -0.490 e. The van der Waals surface area contributed by atoms with Crippen LogP contribution in [0, 0.1) is 6.92 Å². The summed E-state index contributed by atoms with van der Waals surface area (Å²) in [4.78, 5) is 19.3. The second kappa shape index (κ2) is 10.2. The first-order chi connectivity index (χ1) is 14.1. The fourth-order valence-electron chi connectivity index (χ4n) is 2.81. The Kier molecular flexibility index (Phi) is 7.36. The number of hydrogen-bond acceptors (Lipinski definition) is 5. The number of amides is 1. The van der Waals surface area contributed by atoms with Crippen LogP contribution in [0.15, 0.2) is 58.4 Å². The van der Waals surface area contributed by atoms with Crippen LogP contribution in [0.5, 0.6) is 11.5 Å². The number of ether oxygens (including phenoxy) is 2. The summed E-state index contributed by atoms with van der Waals surface area (Å²) in [7, 11) is 0. The first-order valence-corrected chi connectivity index (χ1v) is 10.6. The highest BCUT2D eigenvalue weighted by Gasteiger charge is 2.31. The number of likely N-dealkylation sites (N-methyl/N-ethyl adjacent to an activating group) is 1. The van der Waals surface area contributed by atoms with Gasteiger partial charge in [0.15, 0.2) is 5.17 Å². The Bertz CT molecular complexity index is 889. The molecule has 1 aliphatic heterocycles. The summed E-state index contributed by atoms with van der Waals surface area (Å²) in [5, 5.41) is 0.778. The van der Waals surface area contributed by atoms with E-state index in [0.717, 1.165) is 22.2 Å². The monoisotopic (exact) mass is 410 g/mol. The smallest absolute Gasteiger partial charge is 0.266 e. The van der Waals surface area contributed by atoms with E-state index in [1.165, 1.54) is 17.3 Å². The van der Waals surface area contributed by atoms with Crippen LogP contribution in [0.4, 0.5) is 0 Å². The maximum absolute atomic E-state index is 12.5. The standard InChI is InChI=1S/C23H26N2O3S/c1-4-24-23-25(5-2)22(26)21(29-23)16-18-8-12-20(13-9-18)28-15-14-27-19-10-6-17(3)7-11-19/h6-13,16H,4-5,14-15H2,1-3H3/b21-16-,24-23?. The van der Waals surface area contributed by atoms with Gasteiger partial charge >= 0.3 is 0 Å². The van der Waals surface area contributed by atoms with Crippen LogP contribution < -0.4 is 9.47 Å². The molecule has 0 radical (unpaired) electrons. The molecule has 0 aromatic heterocycles. The molecular formula is C23H26N2O3S. The molecule has 0 spiro atoms. The van der Waals surface area contributed by atoms with Crippen LogP contribution in [0.1, 0.15) is 25.0 Å². The zero-order chi connectivity index (χ0) is 20.6. The molecular weight excluding hydrogens is 384 g/mol. The number of nitrogens with zero attached hydrogens (tertiary/aromatic N) is 2. The minimum absolute atomic E-state index is 0.0123. The molecule has 1 aliphatic rings. The van der Waals surface area contributed by atoms with Crippen molar-refractivity contribution in [2.45, 2.75) is 20.8 Å². The normalized spacial score (nSPS) is 16.7. The zero-order valence-electron chi connectivity index (χ0n) is 17.1. The number of aliphatic imine (C=N–C) groups is 1. The summed E-state index contributed by atoms with van der Waals surface area (Å²) < 4.78 is 11.4. The first-order valence-electron chi connectivity index (χ1n) is 9.79. The van der Waals surface area contributed by atoms with Crippen LogP contribution in [0.3, 0.4) is 0 Å². The molecule has 0 N–H and O–H groups in total. The molecule has 1 fully saturated rings. The highest BCUT2D eigenvalue weighted by molar-refractivity contribution is 8.18. The Morgan fingerprint density at radius 3 is 2.10 bits per heavy atom. The topological polar surface area (TPSA) is 51.1 Å². The van der Waals surface area contributed by atoms with E-state index in [-0.39, 0.29) is 5.91 Å². The van der Waals surface area contributed by atoms with Crippen molar-refractivity contribution in [2.24, 2.45) is 4.99 Å². The fraction of sp³-hybridized carbons (Fsp3) is 0.304. The van der Waals surface area contributed by atoms with E-state index >= 15 is 0 Å². The largest absolute Gasteiger partial charge is 0.490 e. The van der Waals surface area contributed by atoms with Crippen molar-refractivity contribution >= 4 is 28.9 Å². The lowest BCUT2D eigenvalue weighted by atomic mass is 10.2. The lowest BCUT2D eigenvalue weighted by Crippen LogP contribution is -2.28. The van der Waals surface area contributed by atoms with Gasteiger partial charge in [-0.15, -0.1) is 0 Å². The Hall–Kier alpha value is -2.73. The molecule has 0 bridgehead atoms. The molecule has 1 heterocycles. The fourth-order valence-corrected chi connectivity index (χ4v) is 3.91. The quantitative estimate of drug-likeness (QED) is 0.465. The van der Waals surface area contributed by atoms with Crippen LogP contribution in [0.25, 0.3) is 6.08 Å². The third-order valence-corrected chi connectivity index (χ3v) is 5.36. The maximum Gasteiger partial charge on any atom is 0.266 e. The Morgan fingerprint density at radius 2 is 1.55 bits per heavy atom. The summed E-state index contributed by atoms with van der Waals surface area (Å²) in [6, 6.07) is 15.7. The lowest BCUT2D eigenvalue weighted by molar-refractivity contribution is -0.122. The van der Waals surface area contributed by atoms with Crippen molar-refractivity contribution in [1.82, 2.24) is 4.90 Å². The maximum atomic E-state index is 12.5. The molecule has 6 heteroatoms. The Morgan fingerprint density at radius 1 is 0.966 bits per heavy atom. The number of hydrogen-bond donors (Lipinski definition) is 0. The first kappa shape index (κ1) is 21.0. The number of carbonyl (C=O) groups excluding carboxylic acids is 1. The van der Waals surface area contributed by atoms with E-state index in [0.29, 0.717) is 31.2 Å². The number of carbonyl (C=O) groups is 1. The molecule has 1 amide bonds. The van der Waals surface area contributed by atoms with E-state index in [1.54, 1.807) is 4.90 Å². The highest BCUT2D eigenvalue weighted by Crippen LogP contribution is 2.32. The van der Waals surface area contributed by atoms with Gasteiger partial charge in [-0.25, -0.2) is 0 Å². The van der Waals surface area contributed by atoms with Gasteiger partial charge in [-0.1, -0.05) is 29.8 Å². The lowest BCUT2D eigenvalue weighted by Gasteiger charge is -2.11. The van der Waals surface area contributed by atoms with Crippen molar-refractivity contribution < 1.29 is 14.3 Å². The van der Waals surface area contributed by atoms with Crippen LogP contribution in [-0.2, 0) is 4.79 Å². The number of amidine groups is 1. The van der Waals surface area contributed by atoms with Crippen molar-refractivity contribution in [3.05, 3.63) is 64.6 Å². The van der Waals surface area contributed by atoms with Gasteiger partial charge in [0, 0.05) is 13.1 Å². The second-order valence-electron chi connectivity index (χ2n) is 6.50. The van der Waals surface area contributed by atoms with Crippen molar-refractivity contribution in [3.63, 3.8) is 0 Å². The highest BCUT2D eigenvalue weighted by atomic mass is 32.2. The van der Waals surface area contributed by atoms with E-state index in [1.807, 2.05) is 75.4 Å². The van der Waals surface area contributed by atoms with Crippen LogP contribution in [-0.4, -0.2) is 42.3 Å². The molecule has 3 rings (SSSR count). The average Bonchev–Trinajstić information content (AvgIpc) is 3.02. The number of aryl methyl sites for hydroxylation is 1. The van der Waals surface area contributed by atoms with E-state index in [4.69, 9.17) is 9.47 Å². The minimum atomic E-state index is 0.0123. The van der Waals surface area contributed by atoms with E-state index in [2.05, 4.69) is 4.99 Å². The van der Waals surface area contributed by atoms with Gasteiger partial charge in [-0.2, -0.15) is 0 Å². The van der Waals surface area contributed by atoms with Crippen LogP contribution in [0.2, 0.25) is 0 Å². The SMILES string of the molecule is CCN=C1S/C(=C\c2ccc(OCCOc3ccc(C)cc3)cc2)C(=O)N1CC. The molecule has 2 aromatic rings. The summed E-state index contributed by atoms with van der Waals surface area (Å²) in [6.45, 7) is 8.21. The van der Waals surface area contributed by atoms with Gasteiger partial charge in [0.2, 0.25) is 0 Å². The molecule has 0 saturated carbocycles. The van der Waals surface area contributed by atoms with Crippen molar-refractivity contribution in [1.29, 1.82) is 0 Å². The van der Waals surface area contributed by atoms with Gasteiger partial charge < -0.3 is 9.47 Å². The van der Waals surface area contributed by atoms with Gasteiger partial charge in [-0.05, 0) is 68.4 Å². The zero-order valence-corrected chi connectivity index (χ0v) is 17.9. The average molecular weight is 411 g/mol. The third kappa shape index (κ3) is 5.64. The molecule has 5 nitrogen and oxygen atoms in total. The summed E-state index contributed by atoms with van der Waals surface area (Å²) in [5.41, 5.74) is 2.16. The second-order valence-corrected chi connectivity index (χ2v) is 7.51. The summed E-state index contributed by atoms with van der Waals surface area (Å²) in [6.07, 6.45) is 1.90. The molecule has 0 atom stereocenters. The Labute approximate surface area is 176 Å². The van der Waals surface area contributed by atoms with E-state index < -0.39 is 0 Å². The number of thioether (sulfide) groups is 1. The van der Waals surface area contributed by atoms with Gasteiger partial charge in [0.05, 0.1) is 4.91 Å². The molecule has 0 aliphatic carbocycles. The van der Waals surface area contributed by atoms with E-state index in [9.17, 15) is 4.79 Å². The molecule has 0 unspecified atom stereocenters. The third-order valence-electron chi connectivity index (χ3n) is 4.32. The molecule has 152 valence electrons. The molecule has 1 saturated heterocycles. The predicted octanol–water partition coefficient (Wildman–Crippen LogP) is 4.76. The Balaban J connectivity index is 1.53. The van der Waals surface area contributed by atoms with Crippen molar-refractivity contribution in [2.75, 3.05) is 26.3 Å². The molecule has 2 aromatic carbocycles. The number of rotatable bonds is 8. The van der Waals surface area contributed by atoms with Gasteiger partial charge in [0.25, 0.3) is 5.91 Å².